The highest BCUT2D eigenvalue weighted by atomic mass is 19.1. The Hall–Kier alpha value is -2.21. The van der Waals surface area contributed by atoms with E-state index in [-0.39, 0.29) is 29.9 Å². The predicted octanol–water partition coefficient (Wildman–Crippen LogP) is 2.07. The maximum atomic E-state index is 13.3. The fourth-order valence-corrected chi connectivity index (χ4v) is 1.98. The fourth-order valence-electron chi connectivity index (χ4n) is 1.98. The smallest absolute Gasteiger partial charge is 0.271 e. The lowest BCUT2D eigenvalue weighted by molar-refractivity contribution is 0.0866. The molecule has 118 valence electrons. The van der Waals surface area contributed by atoms with Gasteiger partial charge >= 0.3 is 0 Å². The van der Waals surface area contributed by atoms with Gasteiger partial charge in [0.2, 0.25) is 0 Å². The number of carbonyl (C=O) groups is 1. The van der Waals surface area contributed by atoms with Crippen LogP contribution in [0.3, 0.4) is 0 Å². The summed E-state index contributed by atoms with van der Waals surface area (Å²) < 4.78 is 14.8. The van der Waals surface area contributed by atoms with E-state index in [2.05, 4.69) is 10.4 Å². The average molecular weight is 305 g/mol. The van der Waals surface area contributed by atoms with Crippen LogP contribution in [0, 0.1) is 18.7 Å². The number of aromatic nitrogens is 2. The molecule has 0 saturated heterocycles. The monoisotopic (exact) mass is 305 g/mol. The summed E-state index contributed by atoms with van der Waals surface area (Å²) in [6, 6.07) is 7.63. The number of aliphatic hydroxyl groups is 1. The maximum Gasteiger partial charge on any atom is 0.271 e. The Bertz CT molecular complexity index is 667. The van der Waals surface area contributed by atoms with E-state index >= 15 is 0 Å². The maximum absolute atomic E-state index is 13.3. The summed E-state index contributed by atoms with van der Waals surface area (Å²) in [7, 11) is 0. The van der Waals surface area contributed by atoms with Crippen LogP contribution in [0.4, 0.5) is 4.39 Å². The Balaban J connectivity index is 2.14. The van der Waals surface area contributed by atoms with Crippen LogP contribution in [-0.4, -0.2) is 33.4 Å². The number of aliphatic hydroxyl groups excluding tert-OH is 1. The van der Waals surface area contributed by atoms with E-state index in [1.165, 1.54) is 16.8 Å². The molecule has 0 bridgehead atoms. The van der Waals surface area contributed by atoms with E-state index in [0.717, 1.165) is 5.69 Å². The molecule has 1 unspecified atom stereocenters. The second-order valence-electron chi connectivity index (χ2n) is 5.58. The van der Waals surface area contributed by atoms with Crippen molar-refractivity contribution in [1.29, 1.82) is 0 Å². The number of hydrogen-bond acceptors (Lipinski definition) is 3. The number of nitrogens with one attached hydrogen (secondary N) is 1. The van der Waals surface area contributed by atoms with Crippen molar-refractivity contribution in [3.63, 3.8) is 0 Å². The van der Waals surface area contributed by atoms with Crippen molar-refractivity contribution in [2.24, 2.45) is 5.92 Å². The minimum absolute atomic E-state index is 0.0619. The summed E-state index contributed by atoms with van der Waals surface area (Å²) in [6.07, 6.45) is -0.602. The van der Waals surface area contributed by atoms with Crippen LogP contribution in [0.5, 0.6) is 0 Å². The molecule has 5 nitrogen and oxygen atoms in total. The first-order valence-corrected chi connectivity index (χ1v) is 7.17. The molecular formula is C16H20FN3O2. The molecule has 1 amide bonds. The van der Waals surface area contributed by atoms with Crippen LogP contribution in [-0.2, 0) is 0 Å². The standard InChI is InChI=1S/C16H20FN3O2/c1-10(2)15(21)9-18-16(22)14-7-11(3)20(19-14)13-6-4-5-12(17)8-13/h4-8,10,15,21H,9H2,1-3H3,(H,18,22). The van der Waals surface area contributed by atoms with Crippen LogP contribution in [0.1, 0.15) is 30.0 Å². The molecule has 1 aromatic carbocycles. The van der Waals surface area contributed by atoms with Crippen molar-refractivity contribution >= 4 is 5.91 Å². The summed E-state index contributed by atoms with van der Waals surface area (Å²) in [6.45, 7) is 5.71. The molecular weight excluding hydrogens is 285 g/mol. The number of hydrogen-bond donors (Lipinski definition) is 2. The van der Waals surface area contributed by atoms with Crippen molar-refractivity contribution in [1.82, 2.24) is 15.1 Å². The Morgan fingerprint density at radius 1 is 1.41 bits per heavy atom. The third-order valence-electron chi connectivity index (χ3n) is 3.41. The zero-order valence-corrected chi connectivity index (χ0v) is 12.9. The first-order chi connectivity index (χ1) is 10.4. The van der Waals surface area contributed by atoms with E-state index in [1.54, 1.807) is 25.1 Å². The number of rotatable bonds is 5. The number of amides is 1. The minimum atomic E-state index is -0.602. The van der Waals surface area contributed by atoms with Crippen LogP contribution >= 0.6 is 0 Å². The fraction of sp³-hybridized carbons (Fsp3) is 0.375. The number of carbonyl (C=O) groups excluding carboxylic acids is 1. The Labute approximate surface area is 128 Å². The van der Waals surface area contributed by atoms with Crippen LogP contribution in [0.15, 0.2) is 30.3 Å². The van der Waals surface area contributed by atoms with Gasteiger partial charge < -0.3 is 10.4 Å². The van der Waals surface area contributed by atoms with Crippen molar-refractivity contribution < 1.29 is 14.3 Å². The van der Waals surface area contributed by atoms with Gasteiger partial charge in [-0.2, -0.15) is 5.10 Å². The normalized spacial score (nSPS) is 12.5. The lowest BCUT2D eigenvalue weighted by atomic mass is 10.1. The molecule has 0 aliphatic rings. The van der Waals surface area contributed by atoms with Crippen molar-refractivity contribution in [3.8, 4) is 5.69 Å². The van der Waals surface area contributed by atoms with E-state index in [0.29, 0.717) is 5.69 Å². The van der Waals surface area contributed by atoms with Gasteiger partial charge in [0.25, 0.3) is 5.91 Å². The van der Waals surface area contributed by atoms with Gasteiger partial charge in [-0.3, -0.25) is 4.79 Å². The van der Waals surface area contributed by atoms with E-state index < -0.39 is 6.10 Å². The van der Waals surface area contributed by atoms with Crippen LogP contribution < -0.4 is 5.32 Å². The molecule has 0 radical (unpaired) electrons. The minimum Gasteiger partial charge on any atom is -0.391 e. The highest BCUT2D eigenvalue weighted by Crippen LogP contribution is 2.13. The number of aryl methyl sites for hydroxylation is 1. The molecule has 0 aliphatic heterocycles. The van der Waals surface area contributed by atoms with Gasteiger partial charge in [-0.25, -0.2) is 9.07 Å². The second kappa shape index (κ2) is 6.70. The molecule has 22 heavy (non-hydrogen) atoms. The van der Waals surface area contributed by atoms with Gasteiger partial charge in [0.1, 0.15) is 5.82 Å². The highest BCUT2D eigenvalue weighted by Gasteiger charge is 2.16. The Morgan fingerprint density at radius 2 is 2.14 bits per heavy atom. The largest absolute Gasteiger partial charge is 0.391 e. The van der Waals surface area contributed by atoms with Crippen LogP contribution in [0.25, 0.3) is 5.69 Å². The van der Waals surface area contributed by atoms with Crippen LogP contribution in [0.2, 0.25) is 0 Å². The summed E-state index contributed by atoms with van der Waals surface area (Å²) in [5.41, 5.74) is 1.51. The second-order valence-corrected chi connectivity index (χ2v) is 5.58. The molecule has 0 aliphatic carbocycles. The van der Waals surface area contributed by atoms with Crippen molar-refractivity contribution in [2.75, 3.05) is 6.54 Å². The number of halogens is 1. The van der Waals surface area contributed by atoms with Crippen molar-refractivity contribution in [3.05, 3.63) is 47.5 Å². The molecule has 6 heteroatoms. The van der Waals surface area contributed by atoms with E-state index in [4.69, 9.17) is 0 Å². The Morgan fingerprint density at radius 3 is 2.77 bits per heavy atom. The highest BCUT2D eigenvalue weighted by molar-refractivity contribution is 5.92. The van der Waals surface area contributed by atoms with Gasteiger partial charge in [-0.05, 0) is 37.1 Å². The topological polar surface area (TPSA) is 67.2 Å². The summed E-state index contributed by atoms with van der Waals surface area (Å²) in [5, 5.41) is 16.6. The molecule has 2 rings (SSSR count). The number of benzene rings is 1. The first kappa shape index (κ1) is 16.2. The molecule has 1 aromatic heterocycles. The van der Waals surface area contributed by atoms with Gasteiger partial charge in [0, 0.05) is 12.2 Å². The van der Waals surface area contributed by atoms with Gasteiger partial charge in [-0.15, -0.1) is 0 Å². The first-order valence-electron chi connectivity index (χ1n) is 7.17. The quantitative estimate of drug-likeness (QED) is 0.888. The van der Waals surface area contributed by atoms with Crippen molar-refractivity contribution in [2.45, 2.75) is 26.9 Å². The lowest BCUT2D eigenvalue weighted by Crippen LogP contribution is -2.34. The average Bonchev–Trinajstić information content (AvgIpc) is 2.86. The molecule has 1 atom stereocenters. The third kappa shape index (κ3) is 3.71. The third-order valence-corrected chi connectivity index (χ3v) is 3.41. The van der Waals surface area contributed by atoms with E-state index in [1.807, 2.05) is 13.8 Å². The SMILES string of the molecule is Cc1cc(C(=O)NCC(O)C(C)C)nn1-c1cccc(F)c1. The van der Waals surface area contributed by atoms with Gasteiger partial charge in [-0.1, -0.05) is 19.9 Å². The van der Waals surface area contributed by atoms with Gasteiger partial charge in [0.15, 0.2) is 5.69 Å². The summed E-state index contributed by atoms with van der Waals surface area (Å²) in [4.78, 5) is 12.1. The summed E-state index contributed by atoms with van der Waals surface area (Å²) in [5.74, 6) is -0.664. The Kier molecular flexibility index (Phi) is 4.92. The molecule has 1 heterocycles. The molecule has 0 spiro atoms. The molecule has 0 fully saturated rings. The van der Waals surface area contributed by atoms with E-state index in [9.17, 15) is 14.3 Å². The zero-order valence-electron chi connectivity index (χ0n) is 12.9. The van der Waals surface area contributed by atoms with Gasteiger partial charge in [0.05, 0.1) is 11.8 Å². The predicted molar refractivity (Wildman–Crippen MR) is 81.4 cm³/mol. The molecule has 2 N–H and O–H groups in total. The molecule has 0 saturated carbocycles. The number of nitrogens with zero attached hydrogens (tertiary/aromatic N) is 2. The lowest BCUT2D eigenvalue weighted by Gasteiger charge is -2.14. The summed E-state index contributed by atoms with van der Waals surface area (Å²) >= 11 is 0. The zero-order chi connectivity index (χ0) is 16.3. The molecule has 2 aromatic rings.